The van der Waals surface area contributed by atoms with E-state index < -0.39 is 0 Å². The van der Waals surface area contributed by atoms with Gasteiger partial charge in [-0.15, -0.1) is 0 Å². The average molecular weight is 310 g/mol. The number of H-pyrrole nitrogens is 1. The number of rotatable bonds is 5. The number of benzene rings is 1. The van der Waals surface area contributed by atoms with E-state index in [1.54, 1.807) is 42.7 Å². The number of hydrogen-bond acceptors (Lipinski definition) is 3. The van der Waals surface area contributed by atoms with Crippen LogP contribution in [-0.4, -0.2) is 34.4 Å². The van der Waals surface area contributed by atoms with Gasteiger partial charge < -0.3 is 15.4 Å². The number of aliphatic hydroxyl groups is 1. The van der Waals surface area contributed by atoms with Crippen molar-refractivity contribution in [2.45, 2.75) is 12.5 Å². The first-order valence-corrected chi connectivity index (χ1v) is 7.55. The molecule has 0 aliphatic heterocycles. The average Bonchev–Trinajstić information content (AvgIpc) is 3.26. The van der Waals surface area contributed by atoms with Gasteiger partial charge in [-0.05, 0) is 24.6 Å². The van der Waals surface area contributed by atoms with Gasteiger partial charge in [0.2, 0.25) is 0 Å². The second kappa shape index (κ2) is 6.62. The third kappa shape index (κ3) is 3.40. The van der Waals surface area contributed by atoms with Crippen LogP contribution in [0.4, 0.5) is 0 Å². The van der Waals surface area contributed by atoms with Crippen molar-refractivity contribution in [1.82, 2.24) is 10.3 Å². The molecule has 0 saturated heterocycles. The lowest BCUT2D eigenvalue weighted by atomic mass is 10.0. The smallest absolute Gasteiger partial charge is 0.251 e. The largest absolute Gasteiger partial charge is 0.396 e. The lowest BCUT2D eigenvalue weighted by Gasteiger charge is -2.12. The predicted molar refractivity (Wildman–Crippen MR) is 86.3 cm³/mol. The Hall–Kier alpha value is -2.66. The molecule has 0 bridgehead atoms. The van der Waals surface area contributed by atoms with Gasteiger partial charge in [-0.25, -0.2) is 0 Å². The zero-order valence-electron chi connectivity index (χ0n) is 12.5. The molecule has 0 radical (unpaired) electrons. The van der Waals surface area contributed by atoms with E-state index >= 15 is 0 Å². The Balaban J connectivity index is 1.64. The lowest BCUT2D eigenvalue weighted by Crippen LogP contribution is -2.32. The summed E-state index contributed by atoms with van der Waals surface area (Å²) in [7, 11) is 0. The number of nitrogens with one attached hydrogen (secondary N) is 2. The van der Waals surface area contributed by atoms with Crippen LogP contribution in [0.3, 0.4) is 0 Å². The highest BCUT2D eigenvalue weighted by atomic mass is 16.3. The lowest BCUT2D eigenvalue weighted by molar-refractivity contribution is 0.0939. The van der Waals surface area contributed by atoms with Gasteiger partial charge in [-0.1, -0.05) is 24.3 Å². The molecule has 1 aromatic heterocycles. The van der Waals surface area contributed by atoms with E-state index in [2.05, 4.69) is 10.3 Å². The fourth-order valence-corrected chi connectivity index (χ4v) is 2.67. The molecule has 23 heavy (non-hydrogen) atoms. The second-order valence-electron chi connectivity index (χ2n) is 5.65. The normalized spacial score (nSPS) is 19.7. The van der Waals surface area contributed by atoms with E-state index in [0.717, 1.165) is 0 Å². The molecule has 1 heterocycles. The Bertz CT molecular complexity index is 717. The van der Waals surface area contributed by atoms with E-state index in [9.17, 15) is 9.59 Å². The van der Waals surface area contributed by atoms with Crippen LogP contribution < -0.4 is 5.32 Å². The number of carbonyl (C=O) groups is 2. The summed E-state index contributed by atoms with van der Waals surface area (Å²) in [6.07, 6.45) is 7.88. The monoisotopic (exact) mass is 310 g/mol. The van der Waals surface area contributed by atoms with Gasteiger partial charge in [0.1, 0.15) is 0 Å². The molecule has 1 aliphatic carbocycles. The van der Waals surface area contributed by atoms with Crippen molar-refractivity contribution in [2.75, 3.05) is 6.61 Å². The summed E-state index contributed by atoms with van der Waals surface area (Å²) in [4.78, 5) is 27.2. The van der Waals surface area contributed by atoms with Crippen LogP contribution >= 0.6 is 0 Å². The highest BCUT2D eigenvalue weighted by molar-refractivity contribution is 6.09. The van der Waals surface area contributed by atoms with Gasteiger partial charge in [-0.3, -0.25) is 9.59 Å². The maximum Gasteiger partial charge on any atom is 0.251 e. The van der Waals surface area contributed by atoms with Crippen LogP contribution in [0.2, 0.25) is 0 Å². The van der Waals surface area contributed by atoms with Gasteiger partial charge in [0, 0.05) is 47.7 Å². The van der Waals surface area contributed by atoms with E-state index in [-0.39, 0.29) is 30.3 Å². The first-order valence-electron chi connectivity index (χ1n) is 7.55. The van der Waals surface area contributed by atoms with Gasteiger partial charge >= 0.3 is 0 Å². The fourth-order valence-electron chi connectivity index (χ4n) is 2.67. The number of carbonyl (C=O) groups excluding carboxylic acids is 2. The molecule has 1 aliphatic rings. The molecular formula is C18H18N2O3. The van der Waals surface area contributed by atoms with Crippen molar-refractivity contribution < 1.29 is 14.7 Å². The van der Waals surface area contributed by atoms with Crippen LogP contribution in [0.25, 0.3) is 0 Å². The number of ketones is 1. The standard InChI is InChI=1S/C18H18N2O3/c21-11-12-1-6-16(9-12)20-18(23)14-4-2-13(3-5-14)17(22)15-7-8-19-10-15/h1-8,10,12,16,19,21H,9,11H2,(H,20,23)/t12-,16+/m0/s1. The summed E-state index contributed by atoms with van der Waals surface area (Å²) in [5.74, 6) is -0.150. The second-order valence-corrected chi connectivity index (χ2v) is 5.65. The summed E-state index contributed by atoms with van der Waals surface area (Å²) in [5, 5.41) is 12.0. The van der Waals surface area contributed by atoms with E-state index in [1.807, 2.05) is 12.2 Å². The number of aliphatic hydroxyl groups excluding tert-OH is 1. The van der Waals surface area contributed by atoms with Crippen molar-refractivity contribution in [3.8, 4) is 0 Å². The van der Waals surface area contributed by atoms with Crippen LogP contribution in [0.5, 0.6) is 0 Å². The molecule has 2 aromatic rings. The molecule has 5 nitrogen and oxygen atoms in total. The molecule has 1 amide bonds. The molecule has 0 unspecified atom stereocenters. The quantitative estimate of drug-likeness (QED) is 0.583. The molecule has 5 heteroatoms. The highest BCUT2D eigenvalue weighted by Crippen LogP contribution is 2.17. The molecular weight excluding hydrogens is 292 g/mol. The minimum absolute atomic E-state index is 0.0548. The summed E-state index contributed by atoms with van der Waals surface area (Å²) < 4.78 is 0. The van der Waals surface area contributed by atoms with Crippen molar-refractivity contribution in [3.63, 3.8) is 0 Å². The maximum atomic E-state index is 12.2. The van der Waals surface area contributed by atoms with Gasteiger partial charge in [-0.2, -0.15) is 0 Å². The number of aromatic amines is 1. The maximum absolute atomic E-state index is 12.2. The number of aromatic nitrogens is 1. The molecule has 3 rings (SSSR count). The topological polar surface area (TPSA) is 82.2 Å². The fraction of sp³-hybridized carbons (Fsp3) is 0.222. The first-order chi connectivity index (χ1) is 11.2. The predicted octanol–water partition coefficient (Wildman–Crippen LogP) is 1.91. The molecule has 118 valence electrons. The SMILES string of the molecule is O=C(N[C@@H]1C=C[C@H](CO)C1)c1ccc(C(=O)c2cc[nH]c2)cc1. The number of amides is 1. The van der Waals surface area contributed by atoms with Crippen LogP contribution in [0, 0.1) is 5.92 Å². The highest BCUT2D eigenvalue weighted by Gasteiger charge is 2.20. The molecule has 3 N–H and O–H groups in total. The van der Waals surface area contributed by atoms with Crippen LogP contribution in [0.1, 0.15) is 32.7 Å². The third-order valence-corrected chi connectivity index (χ3v) is 3.99. The van der Waals surface area contributed by atoms with Gasteiger partial charge in [0.25, 0.3) is 5.91 Å². The zero-order valence-corrected chi connectivity index (χ0v) is 12.5. The zero-order chi connectivity index (χ0) is 16.2. The molecule has 2 atom stereocenters. The van der Waals surface area contributed by atoms with Crippen LogP contribution in [-0.2, 0) is 0 Å². The minimum atomic E-state index is -0.182. The van der Waals surface area contributed by atoms with E-state index in [1.165, 1.54) is 0 Å². The van der Waals surface area contributed by atoms with Crippen molar-refractivity contribution in [2.24, 2.45) is 5.92 Å². The minimum Gasteiger partial charge on any atom is -0.396 e. The van der Waals surface area contributed by atoms with Gasteiger partial charge in [0.05, 0.1) is 0 Å². The van der Waals surface area contributed by atoms with Gasteiger partial charge in [0.15, 0.2) is 5.78 Å². The summed E-state index contributed by atoms with van der Waals surface area (Å²) in [5.41, 5.74) is 1.65. The van der Waals surface area contributed by atoms with Crippen molar-refractivity contribution in [1.29, 1.82) is 0 Å². The Morgan fingerprint density at radius 1 is 1.09 bits per heavy atom. The van der Waals surface area contributed by atoms with Crippen molar-refractivity contribution in [3.05, 3.63) is 71.6 Å². The summed E-state index contributed by atoms with van der Waals surface area (Å²) >= 11 is 0. The summed E-state index contributed by atoms with van der Waals surface area (Å²) in [6, 6.07) is 8.28. The summed E-state index contributed by atoms with van der Waals surface area (Å²) in [6.45, 7) is 0.0961. The van der Waals surface area contributed by atoms with Crippen molar-refractivity contribution >= 4 is 11.7 Å². The van der Waals surface area contributed by atoms with E-state index in [4.69, 9.17) is 5.11 Å². The van der Waals surface area contributed by atoms with Crippen LogP contribution in [0.15, 0.2) is 54.9 Å². The Labute approximate surface area is 134 Å². The molecule has 0 fully saturated rings. The van der Waals surface area contributed by atoms with E-state index in [0.29, 0.717) is 23.1 Å². The Morgan fingerprint density at radius 2 is 1.83 bits per heavy atom. The molecule has 1 aromatic carbocycles. The third-order valence-electron chi connectivity index (χ3n) is 3.99. The Morgan fingerprint density at radius 3 is 2.43 bits per heavy atom. The molecule has 0 spiro atoms. The number of hydrogen-bond donors (Lipinski definition) is 3. The Kier molecular flexibility index (Phi) is 4.39. The molecule has 0 saturated carbocycles. The first kappa shape index (κ1) is 15.2.